The van der Waals surface area contributed by atoms with Gasteiger partial charge in [0.1, 0.15) is 19.5 Å². The van der Waals surface area contributed by atoms with Crippen molar-refractivity contribution in [2.45, 2.75) is 0 Å². The molecule has 0 aliphatic rings. The van der Waals surface area contributed by atoms with E-state index in [2.05, 4.69) is 0 Å². The van der Waals surface area contributed by atoms with E-state index in [1.165, 1.54) is 30.3 Å². The molecule has 0 unspecified atom stereocenters. The second-order valence-corrected chi connectivity index (χ2v) is 3.25. The van der Waals surface area contributed by atoms with Crippen molar-refractivity contribution < 1.29 is 8.78 Å². The van der Waals surface area contributed by atoms with Crippen molar-refractivity contribution in [1.29, 1.82) is 0 Å². The molecule has 0 bridgehead atoms. The Kier molecular flexibility index (Phi) is 2.54. The Labute approximate surface area is 88.0 Å². The maximum Gasteiger partial charge on any atom is 0.130 e. The predicted octanol–water partition coefficient (Wildman–Crippen LogP) is 2.43. The van der Waals surface area contributed by atoms with Gasteiger partial charge in [-0.1, -0.05) is 29.7 Å². The summed E-state index contributed by atoms with van der Waals surface area (Å²) in [6.45, 7) is 0. The van der Waals surface area contributed by atoms with E-state index in [4.69, 9.17) is 7.85 Å². The molecule has 2 rings (SSSR count). The number of halogens is 2. The Balaban J connectivity index is 2.49. The fourth-order valence-corrected chi connectivity index (χ4v) is 1.39. The molecule has 3 heteroatoms. The van der Waals surface area contributed by atoms with Gasteiger partial charge in [-0.15, -0.1) is 0 Å². The minimum absolute atomic E-state index is 0.338. The zero-order valence-corrected chi connectivity index (χ0v) is 7.87. The molecular weight excluding hydrogens is 193 g/mol. The Morgan fingerprint density at radius 1 is 0.867 bits per heavy atom. The van der Waals surface area contributed by atoms with E-state index in [0.29, 0.717) is 16.6 Å². The lowest BCUT2D eigenvalue weighted by Crippen LogP contribution is -2.02. The molecule has 0 saturated carbocycles. The first-order valence-electron chi connectivity index (χ1n) is 4.48. The lowest BCUT2D eigenvalue weighted by Gasteiger charge is -2.04. The van der Waals surface area contributed by atoms with Crippen LogP contribution in [0.2, 0.25) is 0 Å². The first-order valence-corrected chi connectivity index (χ1v) is 4.48. The Hall–Kier alpha value is -1.64. The average molecular weight is 200 g/mol. The van der Waals surface area contributed by atoms with Crippen LogP contribution in [0.3, 0.4) is 0 Å². The van der Waals surface area contributed by atoms with Crippen LogP contribution in [-0.2, 0) is 0 Å². The first kappa shape index (κ1) is 9.90. The van der Waals surface area contributed by atoms with Gasteiger partial charge >= 0.3 is 0 Å². The van der Waals surface area contributed by atoms with Crippen molar-refractivity contribution in [2.75, 3.05) is 0 Å². The Bertz CT molecular complexity index is 477. The third-order valence-electron chi connectivity index (χ3n) is 2.15. The maximum absolute atomic E-state index is 13.5. The number of hydrogen-bond acceptors (Lipinski definition) is 0. The third-order valence-corrected chi connectivity index (χ3v) is 2.15. The SMILES string of the molecule is [B]c1ccc(-c2ccc(F)cc2)c(F)c1. The quantitative estimate of drug-likeness (QED) is 0.620. The highest BCUT2D eigenvalue weighted by molar-refractivity contribution is 6.32. The van der Waals surface area contributed by atoms with E-state index in [-0.39, 0.29) is 5.82 Å². The fourth-order valence-electron chi connectivity index (χ4n) is 1.39. The second-order valence-electron chi connectivity index (χ2n) is 3.25. The molecule has 0 aromatic heterocycles. The molecule has 0 aliphatic carbocycles. The smallest absolute Gasteiger partial charge is 0.130 e. The Morgan fingerprint density at radius 2 is 1.53 bits per heavy atom. The summed E-state index contributed by atoms with van der Waals surface area (Å²) in [5.74, 6) is -0.740. The van der Waals surface area contributed by atoms with E-state index < -0.39 is 5.82 Å². The summed E-state index contributed by atoms with van der Waals surface area (Å²) in [6.07, 6.45) is 0. The summed E-state index contributed by atoms with van der Waals surface area (Å²) in [6, 6.07) is 10.1. The zero-order valence-electron chi connectivity index (χ0n) is 7.87. The van der Waals surface area contributed by atoms with Crippen LogP contribution < -0.4 is 5.46 Å². The third kappa shape index (κ3) is 2.06. The largest absolute Gasteiger partial charge is 0.207 e. The van der Waals surface area contributed by atoms with Gasteiger partial charge in [0.2, 0.25) is 0 Å². The van der Waals surface area contributed by atoms with Crippen LogP contribution in [0.15, 0.2) is 42.5 Å². The van der Waals surface area contributed by atoms with Crippen molar-refractivity contribution in [3.63, 3.8) is 0 Å². The van der Waals surface area contributed by atoms with E-state index in [1.54, 1.807) is 12.1 Å². The molecule has 2 aromatic carbocycles. The van der Waals surface area contributed by atoms with Gasteiger partial charge in [0.05, 0.1) is 0 Å². The topological polar surface area (TPSA) is 0 Å². The molecule has 0 aliphatic heterocycles. The second kappa shape index (κ2) is 3.85. The summed E-state index contributed by atoms with van der Waals surface area (Å²) in [5, 5.41) is 0. The van der Waals surface area contributed by atoms with Gasteiger partial charge in [0.25, 0.3) is 0 Å². The molecule has 0 atom stereocenters. The van der Waals surface area contributed by atoms with Crippen LogP contribution in [-0.4, -0.2) is 7.85 Å². The average Bonchev–Trinajstić information content (AvgIpc) is 2.20. The van der Waals surface area contributed by atoms with E-state index in [9.17, 15) is 8.78 Å². The number of hydrogen-bond donors (Lipinski definition) is 0. The van der Waals surface area contributed by atoms with Crippen LogP contribution in [0.1, 0.15) is 0 Å². The van der Waals surface area contributed by atoms with Gasteiger partial charge in [-0.3, -0.25) is 0 Å². The summed E-state index contributed by atoms with van der Waals surface area (Å²) >= 11 is 0. The van der Waals surface area contributed by atoms with Crippen molar-refractivity contribution in [1.82, 2.24) is 0 Å². The lowest BCUT2D eigenvalue weighted by molar-refractivity contribution is 0.626. The Morgan fingerprint density at radius 3 is 2.13 bits per heavy atom. The molecule has 0 saturated heterocycles. The molecule has 0 heterocycles. The highest BCUT2D eigenvalue weighted by atomic mass is 19.1. The van der Waals surface area contributed by atoms with Crippen molar-refractivity contribution >= 4 is 13.3 Å². The van der Waals surface area contributed by atoms with Crippen LogP contribution in [0, 0.1) is 11.6 Å². The summed E-state index contributed by atoms with van der Waals surface area (Å²) < 4.78 is 26.1. The minimum atomic E-state index is -0.401. The van der Waals surface area contributed by atoms with Gasteiger partial charge < -0.3 is 0 Å². The molecular formula is C12H7BF2. The van der Waals surface area contributed by atoms with E-state index >= 15 is 0 Å². The fraction of sp³-hybridized carbons (Fsp3) is 0. The number of benzene rings is 2. The molecule has 72 valence electrons. The molecule has 0 nitrogen and oxygen atoms in total. The normalized spacial score (nSPS) is 10.3. The summed E-state index contributed by atoms with van der Waals surface area (Å²) in [7, 11) is 5.43. The lowest BCUT2D eigenvalue weighted by atomic mass is 9.93. The molecule has 0 spiro atoms. The predicted molar refractivity (Wildman–Crippen MR) is 57.2 cm³/mol. The molecule has 15 heavy (non-hydrogen) atoms. The molecule has 0 amide bonds. The zero-order chi connectivity index (χ0) is 10.8. The molecule has 0 fully saturated rings. The minimum Gasteiger partial charge on any atom is -0.207 e. The molecule has 2 aromatic rings. The molecule has 2 radical (unpaired) electrons. The van der Waals surface area contributed by atoms with Crippen LogP contribution in [0.4, 0.5) is 8.78 Å². The van der Waals surface area contributed by atoms with Gasteiger partial charge in [0.15, 0.2) is 0 Å². The van der Waals surface area contributed by atoms with Gasteiger partial charge in [-0.05, 0) is 23.8 Å². The monoisotopic (exact) mass is 200 g/mol. The standard InChI is InChI=1S/C12H7BF2/c13-9-3-6-11(12(15)7-9)8-1-4-10(14)5-2-8/h1-7H. The van der Waals surface area contributed by atoms with E-state index in [0.717, 1.165) is 0 Å². The maximum atomic E-state index is 13.5. The van der Waals surface area contributed by atoms with Gasteiger partial charge in [-0.2, -0.15) is 0 Å². The van der Waals surface area contributed by atoms with Gasteiger partial charge in [0, 0.05) is 5.56 Å². The summed E-state index contributed by atoms with van der Waals surface area (Å²) in [5.41, 5.74) is 1.43. The van der Waals surface area contributed by atoms with Crippen molar-refractivity contribution in [2.24, 2.45) is 0 Å². The van der Waals surface area contributed by atoms with Crippen molar-refractivity contribution in [3.05, 3.63) is 54.1 Å². The van der Waals surface area contributed by atoms with Crippen LogP contribution in [0.25, 0.3) is 11.1 Å². The van der Waals surface area contributed by atoms with Crippen LogP contribution in [0.5, 0.6) is 0 Å². The molecule has 0 N–H and O–H groups in total. The van der Waals surface area contributed by atoms with Crippen molar-refractivity contribution in [3.8, 4) is 11.1 Å². The first-order chi connectivity index (χ1) is 7.16. The van der Waals surface area contributed by atoms with Crippen LogP contribution >= 0.6 is 0 Å². The van der Waals surface area contributed by atoms with Gasteiger partial charge in [-0.25, -0.2) is 8.78 Å². The number of rotatable bonds is 1. The highest BCUT2D eigenvalue weighted by Crippen LogP contribution is 2.21. The van der Waals surface area contributed by atoms with E-state index in [1.807, 2.05) is 0 Å². The summed E-state index contributed by atoms with van der Waals surface area (Å²) in [4.78, 5) is 0. The highest BCUT2D eigenvalue weighted by Gasteiger charge is 2.04.